The standard InChI is InChI=1S/C20H18O2/c1-11-13-7-3-4-8-14(13)12(2)18-17(11)15-9-5-6-10-16(15)19(21)20(18)22/h3-10,19-22H,1-2H3/t19-,20-/m0/s1. The zero-order valence-corrected chi connectivity index (χ0v) is 12.7. The SMILES string of the molecule is Cc1c2c(c(C)c3ccccc13)[C@H](O)[C@@H](O)c1ccccc1-2. The van der Waals surface area contributed by atoms with Crippen LogP contribution >= 0.6 is 0 Å². The average molecular weight is 290 g/mol. The van der Waals surface area contributed by atoms with E-state index in [0.29, 0.717) is 0 Å². The maximum absolute atomic E-state index is 10.7. The number of aliphatic hydroxyl groups excluding tert-OH is 2. The Morgan fingerprint density at radius 3 is 2.05 bits per heavy atom. The second-order valence-electron chi connectivity index (χ2n) is 6.06. The first-order valence-electron chi connectivity index (χ1n) is 7.58. The molecule has 0 heterocycles. The number of hydrogen-bond acceptors (Lipinski definition) is 2. The van der Waals surface area contributed by atoms with Crippen molar-refractivity contribution >= 4 is 10.8 Å². The zero-order valence-electron chi connectivity index (χ0n) is 12.7. The van der Waals surface area contributed by atoms with E-state index in [4.69, 9.17) is 0 Å². The fraction of sp³-hybridized carbons (Fsp3) is 0.200. The molecule has 2 nitrogen and oxygen atoms in total. The zero-order chi connectivity index (χ0) is 15.4. The first-order valence-corrected chi connectivity index (χ1v) is 7.58. The van der Waals surface area contributed by atoms with Crippen LogP contribution in [0, 0.1) is 13.8 Å². The van der Waals surface area contributed by atoms with Crippen molar-refractivity contribution in [3.05, 3.63) is 70.8 Å². The van der Waals surface area contributed by atoms with Crippen molar-refractivity contribution < 1.29 is 10.2 Å². The smallest absolute Gasteiger partial charge is 0.110 e. The van der Waals surface area contributed by atoms with Gasteiger partial charge in [0.05, 0.1) is 0 Å². The summed E-state index contributed by atoms with van der Waals surface area (Å²) in [6.45, 7) is 4.13. The van der Waals surface area contributed by atoms with Crippen molar-refractivity contribution in [3.8, 4) is 11.1 Å². The van der Waals surface area contributed by atoms with Crippen LogP contribution in [0.1, 0.15) is 34.5 Å². The van der Waals surface area contributed by atoms with Gasteiger partial charge in [0.1, 0.15) is 12.2 Å². The van der Waals surface area contributed by atoms with Crippen molar-refractivity contribution in [1.82, 2.24) is 0 Å². The molecule has 0 amide bonds. The number of aliphatic hydroxyl groups is 2. The van der Waals surface area contributed by atoms with Gasteiger partial charge in [-0.15, -0.1) is 0 Å². The third-order valence-corrected chi connectivity index (χ3v) is 4.93. The highest BCUT2D eigenvalue weighted by Crippen LogP contribution is 2.49. The maximum Gasteiger partial charge on any atom is 0.110 e. The van der Waals surface area contributed by atoms with Crippen molar-refractivity contribution in [3.63, 3.8) is 0 Å². The molecule has 0 spiro atoms. The third kappa shape index (κ3) is 1.62. The largest absolute Gasteiger partial charge is 0.385 e. The molecule has 0 saturated heterocycles. The molecule has 110 valence electrons. The summed E-state index contributed by atoms with van der Waals surface area (Å²) in [6.07, 6.45) is -1.75. The summed E-state index contributed by atoms with van der Waals surface area (Å²) in [4.78, 5) is 0. The van der Waals surface area contributed by atoms with Gasteiger partial charge in [0, 0.05) is 0 Å². The molecule has 0 fully saturated rings. The Morgan fingerprint density at radius 1 is 0.727 bits per heavy atom. The monoisotopic (exact) mass is 290 g/mol. The van der Waals surface area contributed by atoms with E-state index in [9.17, 15) is 10.2 Å². The van der Waals surface area contributed by atoms with E-state index in [2.05, 4.69) is 19.1 Å². The maximum atomic E-state index is 10.7. The van der Waals surface area contributed by atoms with Crippen molar-refractivity contribution in [2.75, 3.05) is 0 Å². The van der Waals surface area contributed by atoms with Gasteiger partial charge in [0.2, 0.25) is 0 Å². The highest BCUT2D eigenvalue weighted by molar-refractivity contribution is 5.97. The van der Waals surface area contributed by atoms with Crippen LogP contribution in [0.2, 0.25) is 0 Å². The Balaban J connectivity index is 2.21. The fourth-order valence-corrected chi connectivity index (χ4v) is 3.83. The molecule has 2 heteroatoms. The quantitative estimate of drug-likeness (QED) is 0.651. The van der Waals surface area contributed by atoms with Crippen LogP contribution in [0.4, 0.5) is 0 Å². The van der Waals surface area contributed by atoms with Gasteiger partial charge in [0.15, 0.2) is 0 Å². The van der Waals surface area contributed by atoms with Crippen molar-refractivity contribution in [1.29, 1.82) is 0 Å². The van der Waals surface area contributed by atoms with Gasteiger partial charge in [-0.2, -0.15) is 0 Å². The number of fused-ring (bicyclic) bond motifs is 4. The minimum Gasteiger partial charge on any atom is -0.385 e. The van der Waals surface area contributed by atoms with E-state index >= 15 is 0 Å². The van der Waals surface area contributed by atoms with E-state index in [1.807, 2.05) is 43.3 Å². The Kier molecular flexibility index (Phi) is 2.86. The number of rotatable bonds is 0. The lowest BCUT2D eigenvalue weighted by Crippen LogP contribution is -2.19. The molecule has 0 saturated carbocycles. The molecule has 3 aromatic carbocycles. The summed E-state index contributed by atoms with van der Waals surface area (Å²) in [5.74, 6) is 0. The van der Waals surface area contributed by atoms with Gasteiger partial charge in [-0.25, -0.2) is 0 Å². The fourth-order valence-electron chi connectivity index (χ4n) is 3.83. The molecule has 2 atom stereocenters. The second kappa shape index (κ2) is 4.67. The third-order valence-electron chi connectivity index (χ3n) is 4.93. The second-order valence-corrected chi connectivity index (χ2v) is 6.06. The molecule has 0 unspecified atom stereocenters. The highest BCUT2D eigenvalue weighted by Gasteiger charge is 2.33. The summed E-state index contributed by atoms with van der Waals surface area (Å²) in [7, 11) is 0. The van der Waals surface area contributed by atoms with Crippen molar-refractivity contribution in [2.45, 2.75) is 26.1 Å². The molecule has 0 aromatic heterocycles. The molecular weight excluding hydrogens is 272 g/mol. The van der Waals surface area contributed by atoms with Gasteiger partial charge in [-0.1, -0.05) is 48.5 Å². The molecule has 1 aliphatic carbocycles. The first-order chi connectivity index (χ1) is 10.6. The van der Waals surface area contributed by atoms with E-state index in [0.717, 1.165) is 38.8 Å². The van der Waals surface area contributed by atoms with Gasteiger partial charge < -0.3 is 10.2 Å². The van der Waals surface area contributed by atoms with Crippen LogP contribution in [0.3, 0.4) is 0 Å². The molecule has 0 bridgehead atoms. The lowest BCUT2D eigenvalue weighted by atomic mass is 9.76. The Labute approximate surface area is 129 Å². The van der Waals surface area contributed by atoms with Crippen LogP contribution in [0.25, 0.3) is 21.9 Å². The molecule has 0 aliphatic heterocycles. The lowest BCUT2D eigenvalue weighted by Gasteiger charge is -2.32. The summed E-state index contributed by atoms with van der Waals surface area (Å²) >= 11 is 0. The molecule has 2 N–H and O–H groups in total. The summed E-state index contributed by atoms with van der Waals surface area (Å²) in [6, 6.07) is 16.1. The lowest BCUT2D eigenvalue weighted by molar-refractivity contribution is 0.0155. The summed E-state index contributed by atoms with van der Waals surface area (Å²) < 4.78 is 0. The minimum absolute atomic E-state index is 0.806. The molecule has 1 aliphatic rings. The van der Waals surface area contributed by atoms with Gasteiger partial charge in [-0.3, -0.25) is 0 Å². The van der Waals surface area contributed by atoms with Gasteiger partial charge in [-0.05, 0) is 58.0 Å². The van der Waals surface area contributed by atoms with Crippen LogP contribution in [-0.4, -0.2) is 10.2 Å². The summed E-state index contributed by atoms with van der Waals surface area (Å²) in [5, 5.41) is 23.6. The normalized spacial score (nSPS) is 19.8. The van der Waals surface area contributed by atoms with Crippen LogP contribution in [0.15, 0.2) is 48.5 Å². The predicted octanol–water partition coefficient (Wildman–Crippen LogP) is 4.20. The Morgan fingerprint density at radius 2 is 1.32 bits per heavy atom. The number of aryl methyl sites for hydroxylation is 2. The number of benzene rings is 3. The molecule has 4 rings (SSSR count). The van der Waals surface area contributed by atoms with Crippen LogP contribution < -0.4 is 0 Å². The minimum atomic E-state index is -0.881. The van der Waals surface area contributed by atoms with Crippen LogP contribution in [-0.2, 0) is 0 Å². The summed E-state index contributed by atoms with van der Waals surface area (Å²) in [5.41, 5.74) is 5.99. The average Bonchev–Trinajstić information content (AvgIpc) is 2.56. The van der Waals surface area contributed by atoms with E-state index in [-0.39, 0.29) is 0 Å². The molecule has 22 heavy (non-hydrogen) atoms. The van der Waals surface area contributed by atoms with Gasteiger partial charge in [0.25, 0.3) is 0 Å². The van der Waals surface area contributed by atoms with E-state index in [1.54, 1.807) is 0 Å². The van der Waals surface area contributed by atoms with Gasteiger partial charge >= 0.3 is 0 Å². The Bertz CT molecular complexity index is 896. The predicted molar refractivity (Wildman–Crippen MR) is 88.8 cm³/mol. The first kappa shape index (κ1) is 13.5. The molecule has 3 aromatic rings. The van der Waals surface area contributed by atoms with Crippen LogP contribution in [0.5, 0.6) is 0 Å². The van der Waals surface area contributed by atoms with Crippen molar-refractivity contribution in [2.24, 2.45) is 0 Å². The van der Waals surface area contributed by atoms with E-state index in [1.165, 1.54) is 5.39 Å². The molecule has 0 radical (unpaired) electrons. The topological polar surface area (TPSA) is 40.5 Å². The Hall–Kier alpha value is -2.16. The molecular formula is C20H18O2. The number of hydrogen-bond donors (Lipinski definition) is 2. The van der Waals surface area contributed by atoms with E-state index < -0.39 is 12.2 Å². The highest BCUT2D eigenvalue weighted by atomic mass is 16.3.